The molecule has 2 N–H and O–H groups in total. The Hall–Kier alpha value is -3.05. The molecule has 2 aromatic carbocycles. The SMILES string of the molecule is O=C1[C@H]2[C@H]3C[C@@H]([C@@H]2C(=O)N1c1cccc(C(F)(F)F)c1)[C@H]1[C@H](c2ccccc2O)c2sc(=O)[nH]c2S[C@H]31. The van der Waals surface area contributed by atoms with Gasteiger partial charge in [0.15, 0.2) is 0 Å². The molecule has 1 aromatic heterocycles. The van der Waals surface area contributed by atoms with E-state index in [-0.39, 0.29) is 45.2 Å². The summed E-state index contributed by atoms with van der Waals surface area (Å²) in [6.07, 6.45) is -3.95. The number of H-pyrrole nitrogens is 1. The first-order valence-electron chi connectivity index (χ1n) is 11.9. The van der Waals surface area contributed by atoms with Gasteiger partial charge in [-0.1, -0.05) is 35.6 Å². The highest BCUT2D eigenvalue weighted by molar-refractivity contribution is 8.00. The number of hydrogen-bond acceptors (Lipinski definition) is 6. The van der Waals surface area contributed by atoms with Crippen molar-refractivity contribution in [3.8, 4) is 5.75 Å². The highest BCUT2D eigenvalue weighted by Crippen LogP contribution is 2.69. The first kappa shape index (κ1) is 23.1. The summed E-state index contributed by atoms with van der Waals surface area (Å²) >= 11 is 2.61. The van der Waals surface area contributed by atoms with Crippen LogP contribution in [0.1, 0.15) is 28.3 Å². The van der Waals surface area contributed by atoms with E-state index in [0.29, 0.717) is 12.0 Å². The fraction of sp³-hybridized carbons (Fsp3) is 0.346. The molecular formula is C26H19F3N2O4S2. The van der Waals surface area contributed by atoms with E-state index in [4.69, 9.17) is 0 Å². The maximum Gasteiger partial charge on any atom is 0.416 e. The maximum absolute atomic E-state index is 13.7. The summed E-state index contributed by atoms with van der Waals surface area (Å²) in [6, 6.07) is 11.3. The summed E-state index contributed by atoms with van der Waals surface area (Å²) in [7, 11) is 0. The Morgan fingerprint density at radius 2 is 1.70 bits per heavy atom. The molecule has 6 nitrogen and oxygen atoms in total. The third-order valence-electron chi connectivity index (χ3n) is 8.43. The van der Waals surface area contributed by atoms with Crippen LogP contribution >= 0.6 is 23.1 Å². The molecule has 1 saturated heterocycles. The molecule has 2 bridgehead atoms. The number of nitrogens with zero attached hydrogens (tertiary/aromatic N) is 1. The average Bonchev–Trinajstić information content (AvgIpc) is 3.58. The van der Waals surface area contributed by atoms with Gasteiger partial charge in [-0.05, 0) is 48.4 Å². The van der Waals surface area contributed by atoms with Gasteiger partial charge in [-0.2, -0.15) is 13.2 Å². The number of phenolic OH excluding ortho intramolecular Hbond substituents is 1. The monoisotopic (exact) mass is 544 g/mol. The zero-order valence-corrected chi connectivity index (χ0v) is 20.6. The number of fused-ring (bicyclic) bond motifs is 9. The average molecular weight is 545 g/mol. The van der Waals surface area contributed by atoms with Crippen molar-refractivity contribution < 1.29 is 27.9 Å². The molecule has 3 heterocycles. The normalized spacial score (nSPS) is 32.0. The van der Waals surface area contributed by atoms with Crippen molar-refractivity contribution >= 4 is 40.6 Å². The fourth-order valence-corrected chi connectivity index (χ4v) is 10.1. The molecule has 2 saturated carbocycles. The largest absolute Gasteiger partial charge is 0.508 e. The van der Waals surface area contributed by atoms with Gasteiger partial charge in [0.2, 0.25) is 11.8 Å². The summed E-state index contributed by atoms with van der Waals surface area (Å²) in [5, 5.41) is 11.4. The van der Waals surface area contributed by atoms with Gasteiger partial charge in [0.05, 0.1) is 28.1 Å². The van der Waals surface area contributed by atoms with Crippen molar-refractivity contribution in [3.05, 3.63) is 74.2 Å². The van der Waals surface area contributed by atoms with E-state index in [1.54, 1.807) is 12.1 Å². The molecule has 4 aliphatic rings. The molecule has 7 atom stereocenters. The molecule has 0 unspecified atom stereocenters. The number of aromatic hydroxyl groups is 1. The number of rotatable bonds is 2. The number of alkyl halides is 3. The lowest BCUT2D eigenvalue weighted by Crippen LogP contribution is -2.42. The van der Waals surface area contributed by atoms with Gasteiger partial charge in [-0.15, -0.1) is 11.8 Å². The number of carbonyl (C=O) groups excluding carboxylic acids is 2. The molecule has 0 spiro atoms. The number of thioether (sulfide) groups is 1. The highest BCUT2D eigenvalue weighted by Gasteiger charge is 2.69. The molecule has 3 aromatic rings. The van der Waals surface area contributed by atoms with Gasteiger partial charge in [0.25, 0.3) is 0 Å². The zero-order chi connectivity index (χ0) is 25.8. The number of nitrogens with one attached hydrogen (secondary N) is 1. The number of aromatic amines is 1. The molecular weight excluding hydrogens is 525 g/mol. The summed E-state index contributed by atoms with van der Waals surface area (Å²) in [5.74, 6) is -2.87. The van der Waals surface area contributed by atoms with E-state index in [1.807, 2.05) is 12.1 Å². The topological polar surface area (TPSA) is 90.5 Å². The summed E-state index contributed by atoms with van der Waals surface area (Å²) in [6.45, 7) is 0. The summed E-state index contributed by atoms with van der Waals surface area (Å²) < 4.78 is 40.0. The number of benzene rings is 2. The Labute approximate surface area is 216 Å². The second-order valence-electron chi connectivity index (χ2n) is 10.1. The van der Waals surface area contributed by atoms with Crippen molar-refractivity contribution in [1.29, 1.82) is 0 Å². The van der Waals surface area contributed by atoms with Crippen LogP contribution in [0.2, 0.25) is 0 Å². The van der Waals surface area contributed by atoms with Gasteiger partial charge < -0.3 is 10.1 Å². The van der Waals surface area contributed by atoms with Crippen LogP contribution in [0.25, 0.3) is 0 Å². The second-order valence-corrected chi connectivity index (χ2v) is 12.3. The quantitative estimate of drug-likeness (QED) is 0.451. The number of anilines is 1. The van der Waals surface area contributed by atoms with Gasteiger partial charge in [0.1, 0.15) is 5.75 Å². The molecule has 2 aliphatic heterocycles. The Kier molecular flexibility index (Phi) is 4.83. The van der Waals surface area contributed by atoms with Crippen molar-refractivity contribution in [3.63, 3.8) is 0 Å². The molecule has 3 fully saturated rings. The first-order valence-corrected chi connectivity index (χ1v) is 13.6. The number of para-hydroxylation sites is 1. The Bertz CT molecular complexity index is 1530. The van der Waals surface area contributed by atoms with Crippen LogP contribution < -0.4 is 9.77 Å². The van der Waals surface area contributed by atoms with Crippen LogP contribution in [-0.2, 0) is 15.8 Å². The molecule has 0 radical (unpaired) electrons. The summed E-state index contributed by atoms with van der Waals surface area (Å²) in [4.78, 5) is 44.1. The van der Waals surface area contributed by atoms with Crippen molar-refractivity contribution in [1.82, 2.24) is 4.98 Å². The molecule has 190 valence electrons. The van der Waals surface area contributed by atoms with E-state index in [1.165, 1.54) is 23.9 Å². The van der Waals surface area contributed by atoms with Crippen LogP contribution in [-0.4, -0.2) is 27.2 Å². The number of halogens is 3. The van der Waals surface area contributed by atoms with Crippen LogP contribution in [0, 0.1) is 29.6 Å². The number of aromatic nitrogens is 1. The number of phenols is 1. The lowest BCUT2D eigenvalue weighted by Gasteiger charge is -2.43. The third kappa shape index (κ3) is 3.16. The minimum Gasteiger partial charge on any atom is -0.508 e. The van der Waals surface area contributed by atoms with Gasteiger partial charge in [-0.3, -0.25) is 19.3 Å². The fourth-order valence-electron chi connectivity index (χ4n) is 7.19. The highest BCUT2D eigenvalue weighted by atomic mass is 32.2. The summed E-state index contributed by atoms with van der Waals surface area (Å²) in [5.41, 5.74) is -0.303. The van der Waals surface area contributed by atoms with Crippen molar-refractivity contribution in [2.75, 3.05) is 4.90 Å². The van der Waals surface area contributed by atoms with Crippen LogP contribution in [0.15, 0.2) is 58.4 Å². The molecule has 7 rings (SSSR count). The van der Waals surface area contributed by atoms with Gasteiger partial charge in [-0.25, -0.2) is 0 Å². The molecule has 2 amide bonds. The second kappa shape index (κ2) is 7.73. The van der Waals surface area contributed by atoms with E-state index >= 15 is 0 Å². The van der Waals surface area contributed by atoms with E-state index < -0.39 is 35.4 Å². The lowest BCUT2D eigenvalue weighted by atomic mass is 9.68. The Balaban J connectivity index is 1.31. The van der Waals surface area contributed by atoms with Crippen molar-refractivity contribution in [2.45, 2.75) is 28.8 Å². The minimum atomic E-state index is -4.60. The molecule has 11 heteroatoms. The predicted octanol–water partition coefficient (Wildman–Crippen LogP) is 4.84. The predicted molar refractivity (Wildman–Crippen MR) is 131 cm³/mol. The molecule has 2 aliphatic carbocycles. The van der Waals surface area contributed by atoms with Crippen LogP contribution in [0.3, 0.4) is 0 Å². The number of thiazole rings is 1. The number of amides is 2. The minimum absolute atomic E-state index is 0.0602. The lowest BCUT2D eigenvalue weighted by molar-refractivity contribution is -0.137. The maximum atomic E-state index is 13.7. The number of carbonyl (C=O) groups is 2. The van der Waals surface area contributed by atoms with E-state index in [0.717, 1.165) is 38.3 Å². The third-order valence-corrected chi connectivity index (χ3v) is 11.0. The number of imide groups is 1. The van der Waals surface area contributed by atoms with Gasteiger partial charge >= 0.3 is 11.0 Å². The molecule has 37 heavy (non-hydrogen) atoms. The van der Waals surface area contributed by atoms with E-state index in [2.05, 4.69) is 4.98 Å². The Morgan fingerprint density at radius 1 is 0.973 bits per heavy atom. The van der Waals surface area contributed by atoms with Crippen molar-refractivity contribution in [2.24, 2.45) is 29.6 Å². The smallest absolute Gasteiger partial charge is 0.416 e. The van der Waals surface area contributed by atoms with Crippen LogP contribution in [0.5, 0.6) is 5.75 Å². The zero-order valence-electron chi connectivity index (χ0n) is 18.9. The van der Waals surface area contributed by atoms with Gasteiger partial charge in [0, 0.05) is 21.6 Å². The standard InChI is InChI=1S/C26H19F3N2O4S2/c27-26(28,29)10-4-3-5-11(8-10)31-23(33)18-13-9-14(19(18)24(31)34)20-17(13)16(12-6-1-2-7-15(12)32)21-22(36-20)30-25(35)37-21/h1-8,13-14,16-20,32H,9H2,(H,30,35)/t13-,14-,16+,17+,18+,19+,20-/m1/s1. The first-order chi connectivity index (χ1) is 17.6. The van der Waals surface area contributed by atoms with E-state index in [9.17, 15) is 32.7 Å². The van der Waals surface area contributed by atoms with Crippen LogP contribution in [0.4, 0.5) is 18.9 Å². The Morgan fingerprint density at radius 3 is 2.43 bits per heavy atom. The number of hydrogen-bond donors (Lipinski definition) is 2.